The van der Waals surface area contributed by atoms with Gasteiger partial charge in [-0.3, -0.25) is 0 Å². The topological polar surface area (TPSA) is 26.3 Å². The van der Waals surface area contributed by atoms with Crippen LogP contribution in [0.25, 0.3) is 11.1 Å². The van der Waals surface area contributed by atoms with Gasteiger partial charge in [0.25, 0.3) is 0 Å². The maximum Gasteiger partial charge on any atom is 0.339 e. The Hall–Kier alpha value is -1.58. The molecule has 3 rings (SSSR count). The van der Waals surface area contributed by atoms with E-state index in [2.05, 4.69) is 0 Å². The molecule has 0 spiro atoms. The number of carbonyl (C=O) groups is 1. The lowest BCUT2D eigenvalue weighted by Gasteiger charge is -2.02. The van der Waals surface area contributed by atoms with Crippen molar-refractivity contribution in [3.8, 4) is 0 Å². The minimum Gasteiger partial charge on any atom is -0.457 e. The Balaban J connectivity index is 2.13. The fourth-order valence-electron chi connectivity index (χ4n) is 2.09. The van der Waals surface area contributed by atoms with Gasteiger partial charge in [0.2, 0.25) is 0 Å². The van der Waals surface area contributed by atoms with Crippen LogP contribution in [0.1, 0.15) is 16.0 Å². The molecule has 0 unspecified atom stereocenters. The van der Waals surface area contributed by atoms with Crippen molar-refractivity contribution in [1.82, 2.24) is 0 Å². The lowest BCUT2D eigenvalue weighted by Crippen LogP contribution is -1.98. The molecular weight excluding hydrogens is 280 g/mol. The highest BCUT2D eigenvalue weighted by atomic mass is 35.5. The van der Waals surface area contributed by atoms with E-state index in [9.17, 15) is 4.79 Å². The van der Waals surface area contributed by atoms with Crippen LogP contribution >= 0.6 is 22.9 Å². The van der Waals surface area contributed by atoms with Gasteiger partial charge in [0.15, 0.2) is 0 Å². The summed E-state index contributed by atoms with van der Waals surface area (Å²) in [5.41, 5.74) is 3.63. The molecule has 0 fully saturated rings. The number of rotatable bonds is 2. The second-order valence-corrected chi connectivity index (χ2v) is 6.11. The molecule has 1 aromatic carbocycles. The maximum absolute atomic E-state index is 11.9. The predicted octanol–water partition coefficient (Wildman–Crippen LogP) is 4.18. The van der Waals surface area contributed by atoms with Crippen molar-refractivity contribution >= 4 is 40.1 Å². The third-order valence-corrected chi connectivity index (χ3v) is 4.36. The molecule has 1 aliphatic heterocycles. The third kappa shape index (κ3) is 2.31. The van der Waals surface area contributed by atoms with E-state index >= 15 is 0 Å². The van der Waals surface area contributed by atoms with Gasteiger partial charge < -0.3 is 4.74 Å². The molecule has 2 nitrogen and oxygen atoms in total. The van der Waals surface area contributed by atoms with E-state index in [0.717, 1.165) is 21.6 Å². The van der Waals surface area contributed by atoms with Crippen molar-refractivity contribution < 1.29 is 9.53 Å². The second-order valence-electron chi connectivity index (χ2n) is 4.40. The largest absolute Gasteiger partial charge is 0.457 e. The minimum atomic E-state index is -0.261. The van der Waals surface area contributed by atoms with Crippen molar-refractivity contribution in [3.05, 3.63) is 56.7 Å². The molecule has 2 aromatic rings. The molecule has 2 heterocycles. The van der Waals surface area contributed by atoms with Gasteiger partial charge in [-0.1, -0.05) is 41.4 Å². The summed E-state index contributed by atoms with van der Waals surface area (Å²) in [7, 11) is 0. The number of carbonyl (C=O) groups excluding carboxylic acids is 1. The van der Waals surface area contributed by atoms with Gasteiger partial charge >= 0.3 is 5.97 Å². The zero-order chi connectivity index (χ0) is 13.4. The first-order valence-corrected chi connectivity index (χ1v) is 7.07. The molecule has 1 aliphatic rings. The van der Waals surface area contributed by atoms with E-state index in [1.165, 1.54) is 11.3 Å². The zero-order valence-corrected chi connectivity index (χ0v) is 11.8. The molecule has 0 N–H and O–H groups in total. The Kier molecular flexibility index (Phi) is 3.17. The van der Waals surface area contributed by atoms with Crippen LogP contribution in [0.4, 0.5) is 0 Å². The second kappa shape index (κ2) is 4.83. The van der Waals surface area contributed by atoms with E-state index in [-0.39, 0.29) is 5.97 Å². The SMILES string of the molecule is Cc1ccc(C2=C(c3ccc(Cl)s3)COC2=O)cc1. The Morgan fingerprint density at radius 3 is 2.53 bits per heavy atom. The van der Waals surface area contributed by atoms with Crippen LogP contribution in [0, 0.1) is 6.92 Å². The smallest absolute Gasteiger partial charge is 0.339 e. The van der Waals surface area contributed by atoms with E-state index in [4.69, 9.17) is 16.3 Å². The maximum atomic E-state index is 11.9. The van der Waals surface area contributed by atoms with E-state index in [1.54, 1.807) is 0 Å². The number of cyclic esters (lactones) is 1. The Labute approximate surface area is 120 Å². The van der Waals surface area contributed by atoms with Gasteiger partial charge in [-0.25, -0.2) is 4.79 Å². The Morgan fingerprint density at radius 1 is 1.16 bits per heavy atom. The first-order chi connectivity index (χ1) is 9.15. The molecule has 0 aliphatic carbocycles. The number of benzene rings is 1. The summed E-state index contributed by atoms with van der Waals surface area (Å²) in [6.45, 7) is 2.34. The highest BCUT2D eigenvalue weighted by Crippen LogP contribution is 2.37. The molecule has 0 saturated carbocycles. The van der Waals surface area contributed by atoms with Crippen molar-refractivity contribution in [2.75, 3.05) is 6.61 Å². The highest BCUT2D eigenvalue weighted by Gasteiger charge is 2.27. The van der Waals surface area contributed by atoms with E-state index in [0.29, 0.717) is 16.5 Å². The number of esters is 1. The van der Waals surface area contributed by atoms with Crippen LogP contribution in [-0.2, 0) is 9.53 Å². The van der Waals surface area contributed by atoms with Crippen LogP contribution < -0.4 is 0 Å². The Bertz CT molecular complexity index is 668. The minimum absolute atomic E-state index is 0.261. The summed E-state index contributed by atoms with van der Waals surface area (Å²) < 4.78 is 5.89. The molecule has 19 heavy (non-hydrogen) atoms. The normalized spacial score (nSPS) is 14.9. The fraction of sp³-hybridized carbons (Fsp3) is 0.133. The van der Waals surface area contributed by atoms with E-state index in [1.807, 2.05) is 43.3 Å². The van der Waals surface area contributed by atoms with Crippen LogP contribution in [-0.4, -0.2) is 12.6 Å². The number of hydrogen-bond donors (Lipinski definition) is 0. The molecule has 4 heteroatoms. The van der Waals surface area contributed by atoms with Crippen molar-refractivity contribution in [2.24, 2.45) is 0 Å². The number of thiophene rings is 1. The molecule has 0 bridgehead atoms. The standard InChI is InChI=1S/C15H11ClO2S/c1-9-2-4-10(5-3-9)14-11(8-18-15(14)17)12-6-7-13(16)19-12/h2-7H,8H2,1H3. The lowest BCUT2D eigenvalue weighted by atomic mass is 10.00. The quantitative estimate of drug-likeness (QED) is 0.776. The predicted molar refractivity (Wildman–Crippen MR) is 78.3 cm³/mol. The zero-order valence-electron chi connectivity index (χ0n) is 10.3. The van der Waals surface area contributed by atoms with Crippen molar-refractivity contribution in [3.63, 3.8) is 0 Å². The summed E-state index contributed by atoms with van der Waals surface area (Å²) in [5, 5.41) is 0. The van der Waals surface area contributed by atoms with Gasteiger partial charge in [0.1, 0.15) is 6.61 Å². The summed E-state index contributed by atoms with van der Waals surface area (Å²) >= 11 is 7.42. The number of halogens is 1. The van der Waals surface area contributed by atoms with Crippen LogP contribution in [0.3, 0.4) is 0 Å². The van der Waals surface area contributed by atoms with Crippen LogP contribution in [0.5, 0.6) is 0 Å². The summed E-state index contributed by atoms with van der Waals surface area (Å²) in [6.07, 6.45) is 0. The first-order valence-electron chi connectivity index (χ1n) is 5.88. The highest BCUT2D eigenvalue weighted by molar-refractivity contribution is 7.17. The monoisotopic (exact) mass is 290 g/mol. The van der Waals surface area contributed by atoms with Crippen LogP contribution in [0.2, 0.25) is 4.34 Å². The van der Waals surface area contributed by atoms with Gasteiger partial charge in [-0.05, 0) is 24.6 Å². The molecule has 96 valence electrons. The average molecular weight is 291 g/mol. The number of hydrogen-bond acceptors (Lipinski definition) is 3. The molecule has 0 saturated heterocycles. The van der Waals surface area contributed by atoms with Gasteiger partial charge in [-0.15, -0.1) is 11.3 Å². The van der Waals surface area contributed by atoms with Gasteiger partial charge in [0, 0.05) is 10.5 Å². The van der Waals surface area contributed by atoms with Crippen molar-refractivity contribution in [1.29, 1.82) is 0 Å². The third-order valence-electron chi connectivity index (χ3n) is 3.06. The average Bonchev–Trinajstić information content (AvgIpc) is 2.97. The molecular formula is C15H11ClO2S. The lowest BCUT2D eigenvalue weighted by molar-refractivity contribution is -0.133. The van der Waals surface area contributed by atoms with Crippen LogP contribution in [0.15, 0.2) is 36.4 Å². The summed E-state index contributed by atoms with van der Waals surface area (Å²) in [6, 6.07) is 11.7. The molecule has 0 radical (unpaired) electrons. The van der Waals surface area contributed by atoms with Gasteiger partial charge in [-0.2, -0.15) is 0 Å². The van der Waals surface area contributed by atoms with E-state index < -0.39 is 0 Å². The molecule has 1 aromatic heterocycles. The Morgan fingerprint density at radius 2 is 1.89 bits per heavy atom. The number of aryl methyl sites for hydroxylation is 1. The molecule has 0 atom stereocenters. The number of ether oxygens (including phenoxy) is 1. The molecule has 0 amide bonds. The van der Waals surface area contributed by atoms with Gasteiger partial charge in [0.05, 0.1) is 9.91 Å². The first kappa shape index (κ1) is 12.5. The fourth-order valence-corrected chi connectivity index (χ4v) is 3.17. The summed E-state index contributed by atoms with van der Waals surface area (Å²) in [5.74, 6) is -0.261. The summed E-state index contributed by atoms with van der Waals surface area (Å²) in [4.78, 5) is 12.9. The van der Waals surface area contributed by atoms with Crippen molar-refractivity contribution in [2.45, 2.75) is 6.92 Å².